The molecular formula is C73H82BN3S. The van der Waals surface area contributed by atoms with Gasteiger partial charge in [0.15, 0.2) is 0 Å². The first-order valence-electron chi connectivity index (χ1n) is 29.4. The fourth-order valence-corrected chi connectivity index (χ4v) is 16.4. The summed E-state index contributed by atoms with van der Waals surface area (Å²) in [4.78, 5) is 8.05. The summed E-state index contributed by atoms with van der Waals surface area (Å²) in [5.74, 6) is 0. The SMILES string of the molecule is Cc1cc2c(cc1N1c3cc(N(c4ccccc4)c4ccccc4)cc4c3B(c3ccc5c(c31)C(C)(C)CCC5(C)C)c1c(sc3cc5c(cc13)C(C)(C)CCC5(C)C)N4c1ccc(C(C)(C)C)cc1)C(C)(C)CCC2(C)C. The number of hydrogen-bond donors (Lipinski definition) is 0. The second-order valence-electron chi connectivity index (χ2n) is 29.4. The van der Waals surface area contributed by atoms with Crippen molar-refractivity contribution >= 4 is 95.0 Å². The number of hydrogen-bond acceptors (Lipinski definition) is 4. The van der Waals surface area contributed by atoms with Crippen LogP contribution in [0.2, 0.25) is 0 Å². The molecule has 3 nitrogen and oxygen atoms in total. The third-order valence-corrected chi connectivity index (χ3v) is 21.4. The molecular weight excluding hydrogens is 962 g/mol. The molecule has 78 heavy (non-hydrogen) atoms. The average molecular weight is 1040 g/mol. The van der Waals surface area contributed by atoms with Crippen LogP contribution in [0, 0.1) is 6.92 Å². The second kappa shape index (κ2) is 17.0. The highest BCUT2D eigenvalue weighted by atomic mass is 32.1. The molecule has 0 fully saturated rings. The van der Waals surface area contributed by atoms with Crippen LogP contribution in [0.25, 0.3) is 10.1 Å². The van der Waals surface area contributed by atoms with Gasteiger partial charge in [0.2, 0.25) is 0 Å². The van der Waals surface area contributed by atoms with Crippen molar-refractivity contribution in [2.75, 3.05) is 14.7 Å². The molecule has 8 aromatic rings. The van der Waals surface area contributed by atoms with Crippen molar-refractivity contribution in [3.05, 3.63) is 178 Å². The van der Waals surface area contributed by atoms with Crippen LogP contribution >= 0.6 is 11.3 Å². The van der Waals surface area contributed by atoms with Gasteiger partial charge in [0.1, 0.15) is 0 Å². The normalized spacial score (nSPS) is 19.5. The predicted molar refractivity (Wildman–Crippen MR) is 340 cm³/mol. The molecule has 13 rings (SSSR count). The molecule has 0 radical (unpaired) electrons. The van der Waals surface area contributed by atoms with Crippen LogP contribution < -0.4 is 31.1 Å². The largest absolute Gasteiger partial charge is 0.311 e. The number of nitrogens with zero attached hydrogens (tertiary/aromatic N) is 3. The summed E-state index contributed by atoms with van der Waals surface area (Å²) < 4.78 is 1.39. The van der Waals surface area contributed by atoms with Gasteiger partial charge in [-0.15, -0.1) is 11.3 Å². The molecule has 7 aromatic carbocycles. The van der Waals surface area contributed by atoms with E-state index in [4.69, 9.17) is 0 Å². The summed E-state index contributed by atoms with van der Waals surface area (Å²) in [6.45, 7) is 39.5. The number of para-hydroxylation sites is 2. The van der Waals surface area contributed by atoms with Crippen LogP contribution in [0.15, 0.2) is 133 Å². The first-order valence-corrected chi connectivity index (χ1v) is 30.2. The molecule has 0 bridgehead atoms. The van der Waals surface area contributed by atoms with Gasteiger partial charge in [-0.05, 0) is 216 Å². The Morgan fingerprint density at radius 2 is 0.949 bits per heavy atom. The van der Waals surface area contributed by atoms with Crippen molar-refractivity contribution in [2.45, 2.75) is 187 Å². The Morgan fingerprint density at radius 1 is 0.462 bits per heavy atom. The van der Waals surface area contributed by atoms with E-state index in [0.717, 1.165) is 36.3 Å². The Morgan fingerprint density at radius 3 is 1.50 bits per heavy atom. The lowest BCUT2D eigenvalue weighted by Gasteiger charge is -2.50. The van der Waals surface area contributed by atoms with Gasteiger partial charge in [-0.2, -0.15) is 0 Å². The van der Waals surface area contributed by atoms with E-state index >= 15 is 0 Å². The third kappa shape index (κ3) is 7.69. The Labute approximate surface area is 472 Å². The third-order valence-electron chi connectivity index (χ3n) is 20.3. The van der Waals surface area contributed by atoms with E-state index in [1.807, 2.05) is 11.3 Å². The summed E-state index contributed by atoms with van der Waals surface area (Å²) in [5.41, 5.74) is 26.1. The van der Waals surface area contributed by atoms with Crippen LogP contribution in [0.4, 0.5) is 50.5 Å². The maximum Gasteiger partial charge on any atom is 0.254 e. The standard InChI is InChI=1S/C73H82BN3S/c1-45-39-53-55(71(11,12)35-33-69(53,7)8)43-58(45)77-60-41-50(75(47-23-19-17-20-24-47)48-25-21-18-22-26-48)40-59-64(60)74(57-32-31-52-62(65(57)77)73(15,16)38-37-68(52,5)6)63-51-42-54-56(72(13,14)36-34-70(54,9)10)44-61(51)78-66(63)76(59)49-29-27-46(28-30-49)67(2,3)4/h17-32,39-44H,33-38H2,1-16H3. The summed E-state index contributed by atoms with van der Waals surface area (Å²) in [6.07, 6.45) is 6.99. The smallest absolute Gasteiger partial charge is 0.254 e. The summed E-state index contributed by atoms with van der Waals surface area (Å²) in [6, 6.07) is 52.8. The van der Waals surface area contributed by atoms with Gasteiger partial charge in [0.25, 0.3) is 6.71 Å². The minimum Gasteiger partial charge on any atom is -0.311 e. The Bertz CT molecular complexity index is 3710. The van der Waals surface area contributed by atoms with E-state index in [0.29, 0.717) is 0 Å². The molecule has 398 valence electrons. The number of fused-ring (bicyclic) bond motifs is 10. The highest BCUT2D eigenvalue weighted by Gasteiger charge is 2.51. The molecule has 0 unspecified atom stereocenters. The minimum atomic E-state index is -0.0837. The molecule has 1 aromatic heterocycles. The Kier molecular flexibility index (Phi) is 11.2. The molecule has 3 aliphatic carbocycles. The fourth-order valence-electron chi connectivity index (χ4n) is 15.1. The van der Waals surface area contributed by atoms with Gasteiger partial charge in [0.05, 0.1) is 10.7 Å². The van der Waals surface area contributed by atoms with E-state index in [9.17, 15) is 0 Å². The molecule has 0 saturated heterocycles. The van der Waals surface area contributed by atoms with Gasteiger partial charge in [-0.25, -0.2) is 0 Å². The maximum atomic E-state index is 2.84. The lowest BCUT2D eigenvalue weighted by molar-refractivity contribution is 0.331. The molecule has 0 saturated carbocycles. The second-order valence-corrected chi connectivity index (χ2v) is 30.5. The summed E-state index contributed by atoms with van der Waals surface area (Å²) in [7, 11) is 0. The van der Waals surface area contributed by atoms with Gasteiger partial charge >= 0.3 is 0 Å². The lowest BCUT2D eigenvalue weighted by atomic mass is 9.33. The van der Waals surface area contributed by atoms with Crippen LogP contribution in [0.1, 0.15) is 187 Å². The number of thiophene rings is 1. The van der Waals surface area contributed by atoms with Gasteiger partial charge in [-0.3, -0.25) is 0 Å². The quantitative estimate of drug-likeness (QED) is 0.159. The molecule has 0 amide bonds. The summed E-state index contributed by atoms with van der Waals surface area (Å²) >= 11 is 2.02. The number of aryl methyl sites for hydroxylation is 1. The predicted octanol–water partition coefficient (Wildman–Crippen LogP) is 19.1. The number of anilines is 9. The highest BCUT2D eigenvalue weighted by Crippen LogP contribution is 2.58. The van der Waals surface area contributed by atoms with Gasteiger partial charge in [-0.1, -0.05) is 171 Å². The van der Waals surface area contributed by atoms with E-state index < -0.39 is 0 Å². The topological polar surface area (TPSA) is 9.72 Å². The molecule has 2 aliphatic heterocycles. The van der Waals surface area contributed by atoms with Crippen molar-refractivity contribution in [2.24, 2.45) is 0 Å². The fraction of sp³-hybridized carbons (Fsp3) is 0.397. The minimum absolute atomic E-state index is 0.00738. The van der Waals surface area contributed by atoms with Crippen molar-refractivity contribution in [3.63, 3.8) is 0 Å². The lowest BCUT2D eigenvalue weighted by Crippen LogP contribution is -2.62. The van der Waals surface area contributed by atoms with Gasteiger partial charge in [0, 0.05) is 44.5 Å². The summed E-state index contributed by atoms with van der Waals surface area (Å²) in [5, 5.41) is 2.76. The van der Waals surface area contributed by atoms with Crippen LogP contribution in [0.5, 0.6) is 0 Å². The molecule has 0 atom stereocenters. The molecule has 3 heterocycles. The van der Waals surface area contributed by atoms with E-state index in [1.54, 1.807) is 0 Å². The molecule has 0 spiro atoms. The first-order chi connectivity index (χ1) is 36.7. The van der Waals surface area contributed by atoms with E-state index in [-0.39, 0.29) is 44.6 Å². The van der Waals surface area contributed by atoms with E-state index in [1.165, 1.54) is 124 Å². The molecule has 5 heteroatoms. The average Bonchev–Trinajstić information content (AvgIpc) is 3.49. The zero-order chi connectivity index (χ0) is 55.0. The molecule has 0 N–H and O–H groups in total. The maximum absolute atomic E-state index is 2.84. The van der Waals surface area contributed by atoms with E-state index in [2.05, 4.69) is 259 Å². The highest BCUT2D eigenvalue weighted by molar-refractivity contribution is 7.26. The van der Waals surface area contributed by atoms with Crippen molar-refractivity contribution < 1.29 is 0 Å². The zero-order valence-corrected chi connectivity index (χ0v) is 50.6. The van der Waals surface area contributed by atoms with Crippen molar-refractivity contribution in [1.82, 2.24) is 0 Å². The molecule has 5 aliphatic rings. The first kappa shape index (κ1) is 51.4. The number of rotatable bonds is 5. The van der Waals surface area contributed by atoms with Crippen molar-refractivity contribution in [1.29, 1.82) is 0 Å². The number of benzene rings is 7. The van der Waals surface area contributed by atoms with Gasteiger partial charge < -0.3 is 14.7 Å². The Hall–Kier alpha value is -6.04. The van der Waals surface area contributed by atoms with Crippen LogP contribution in [0.3, 0.4) is 0 Å². The van der Waals surface area contributed by atoms with Crippen molar-refractivity contribution in [3.8, 4) is 0 Å². The Balaban J connectivity index is 1.23. The zero-order valence-electron chi connectivity index (χ0n) is 49.8. The van der Waals surface area contributed by atoms with Crippen LogP contribution in [-0.4, -0.2) is 6.71 Å². The van der Waals surface area contributed by atoms with Crippen LogP contribution in [-0.2, 0) is 37.9 Å². The monoisotopic (exact) mass is 1040 g/mol.